The molecular formula is C21H20N4O4. The van der Waals surface area contributed by atoms with Gasteiger partial charge in [-0.15, -0.1) is 0 Å². The van der Waals surface area contributed by atoms with Gasteiger partial charge in [0.25, 0.3) is 5.56 Å². The van der Waals surface area contributed by atoms with E-state index in [1.807, 2.05) is 19.2 Å². The quantitative estimate of drug-likeness (QED) is 0.351. The zero-order chi connectivity index (χ0) is 20.5. The molecule has 0 bridgehead atoms. The summed E-state index contributed by atoms with van der Waals surface area (Å²) < 4.78 is 6.73. The van der Waals surface area contributed by atoms with Crippen molar-refractivity contribution in [3.05, 3.63) is 51.3 Å². The minimum Gasteiger partial charge on any atom is -0.458 e. The van der Waals surface area contributed by atoms with E-state index in [9.17, 15) is 14.7 Å². The highest BCUT2D eigenvalue weighted by atomic mass is 16.6. The van der Waals surface area contributed by atoms with Crippen LogP contribution in [0.15, 0.2) is 29.1 Å². The van der Waals surface area contributed by atoms with Crippen LogP contribution < -0.4 is 16.6 Å². The Bertz CT molecular complexity index is 1280. The SMILES string of the molecule is CC[C@@]1(O)C(=O)OCc2c1cc1n(c2=O)Cc2c-1nc1ccc(N)cc1c2NC. The predicted molar refractivity (Wildman–Crippen MR) is 108 cm³/mol. The molecular weight excluding hydrogens is 372 g/mol. The Morgan fingerprint density at radius 2 is 2.10 bits per heavy atom. The molecule has 0 amide bonds. The number of nitrogens with two attached hydrogens (primary N) is 1. The maximum absolute atomic E-state index is 13.2. The molecule has 29 heavy (non-hydrogen) atoms. The normalized spacial score (nSPS) is 19.5. The number of nitrogens with one attached hydrogen (secondary N) is 1. The van der Waals surface area contributed by atoms with E-state index in [1.165, 1.54) is 0 Å². The highest BCUT2D eigenvalue weighted by molar-refractivity contribution is 5.98. The molecule has 4 heterocycles. The van der Waals surface area contributed by atoms with Crippen molar-refractivity contribution in [2.45, 2.75) is 32.1 Å². The molecule has 2 aliphatic heterocycles. The lowest BCUT2D eigenvalue weighted by Gasteiger charge is -2.31. The summed E-state index contributed by atoms with van der Waals surface area (Å²) in [6, 6.07) is 7.18. The number of nitrogen functional groups attached to an aromatic ring is 1. The molecule has 8 nitrogen and oxygen atoms in total. The van der Waals surface area contributed by atoms with Crippen LogP contribution in [0.4, 0.5) is 11.4 Å². The Kier molecular flexibility index (Phi) is 3.54. The number of nitrogens with zero attached hydrogens (tertiary/aromatic N) is 2. The maximum atomic E-state index is 13.2. The van der Waals surface area contributed by atoms with E-state index in [4.69, 9.17) is 15.5 Å². The molecule has 5 rings (SSSR count). The zero-order valence-corrected chi connectivity index (χ0v) is 16.1. The van der Waals surface area contributed by atoms with Crippen molar-refractivity contribution in [3.8, 4) is 11.4 Å². The van der Waals surface area contributed by atoms with E-state index < -0.39 is 11.6 Å². The maximum Gasteiger partial charge on any atom is 0.343 e. The first-order valence-electron chi connectivity index (χ1n) is 9.46. The topological polar surface area (TPSA) is 119 Å². The molecule has 2 aromatic heterocycles. The minimum absolute atomic E-state index is 0.112. The molecule has 8 heteroatoms. The molecule has 0 fully saturated rings. The summed E-state index contributed by atoms with van der Waals surface area (Å²) >= 11 is 0. The summed E-state index contributed by atoms with van der Waals surface area (Å²) in [6.45, 7) is 1.88. The lowest BCUT2D eigenvalue weighted by atomic mass is 9.86. The van der Waals surface area contributed by atoms with Crippen LogP contribution in [0.1, 0.15) is 30.0 Å². The van der Waals surface area contributed by atoms with Crippen LogP contribution in [-0.2, 0) is 28.3 Å². The van der Waals surface area contributed by atoms with Gasteiger partial charge in [0.15, 0.2) is 5.60 Å². The number of ether oxygens (including phenoxy) is 1. The number of aromatic nitrogens is 2. The smallest absolute Gasteiger partial charge is 0.343 e. The molecule has 2 aliphatic rings. The number of carbonyl (C=O) groups excluding carboxylic acids is 1. The Balaban J connectivity index is 1.84. The predicted octanol–water partition coefficient (Wildman–Crippen LogP) is 1.70. The number of carbonyl (C=O) groups is 1. The summed E-state index contributed by atoms with van der Waals surface area (Å²) in [7, 11) is 1.82. The number of pyridine rings is 2. The van der Waals surface area contributed by atoms with Gasteiger partial charge in [-0.2, -0.15) is 0 Å². The van der Waals surface area contributed by atoms with Crippen LogP contribution in [0.25, 0.3) is 22.3 Å². The standard InChI is InChI=1S/C21H20N4O4/c1-3-21(28)14-7-16-18-12(8-25(16)19(26)13(14)9-29-20(21)27)17(23-2)11-6-10(22)4-5-15(11)24-18/h4-7,28H,3,8-9,22H2,1-2H3,(H,23,24)/t21-/m0/s1. The second-order valence-electron chi connectivity index (χ2n) is 7.44. The van der Waals surface area contributed by atoms with E-state index >= 15 is 0 Å². The average molecular weight is 392 g/mol. The molecule has 0 radical (unpaired) electrons. The first-order chi connectivity index (χ1) is 13.9. The van der Waals surface area contributed by atoms with Crippen molar-refractivity contribution in [2.24, 2.45) is 0 Å². The molecule has 1 aromatic carbocycles. The number of esters is 1. The summed E-state index contributed by atoms with van der Waals surface area (Å²) in [5.74, 6) is -0.729. The fraction of sp³-hybridized carbons (Fsp3) is 0.286. The van der Waals surface area contributed by atoms with Gasteiger partial charge in [-0.1, -0.05) is 6.92 Å². The Hall–Kier alpha value is -3.39. The van der Waals surface area contributed by atoms with Gasteiger partial charge in [0.2, 0.25) is 0 Å². The first kappa shape index (κ1) is 17.7. The molecule has 0 saturated heterocycles. The second-order valence-corrected chi connectivity index (χ2v) is 7.44. The van der Waals surface area contributed by atoms with Crippen molar-refractivity contribution >= 4 is 28.2 Å². The van der Waals surface area contributed by atoms with Crippen LogP contribution >= 0.6 is 0 Å². The number of hydrogen-bond donors (Lipinski definition) is 3. The molecule has 0 spiro atoms. The van der Waals surface area contributed by atoms with E-state index in [-0.39, 0.29) is 18.6 Å². The first-order valence-corrected chi connectivity index (χ1v) is 9.46. The lowest BCUT2D eigenvalue weighted by Crippen LogP contribution is -2.44. The van der Waals surface area contributed by atoms with Gasteiger partial charge in [-0.05, 0) is 30.7 Å². The molecule has 0 aliphatic carbocycles. The third-order valence-corrected chi connectivity index (χ3v) is 5.96. The summed E-state index contributed by atoms with van der Waals surface area (Å²) in [6.07, 6.45) is 0.112. The van der Waals surface area contributed by atoms with Crippen LogP contribution in [0, 0.1) is 0 Å². The number of fused-ring (bicyclic) bond motifs is 5. The van der Waals surface area contributed by atoms with Gasteiger partial charge in [-0.25, -0.2) is 9.78 Å². The fourth-order valence-corrected chi connectivity index (χ4v) is 4.38. The van der Waals surface area contributed by atoms with E-state index in [2.05, 4.69) is 5.32 Å². The monoisotopic (exact) mass is 392 g/mol. The Morgan fingerprint density at radius 1 is 1.31 bits per heavy atom. The highest BCUT2D eigenvalue weighted by Crippen LogP contribution is 2.41. The van der Waals surface area contributed by atoms with Gasteiger partial charge >= 0.3 is 5.97 Å². The number of cyclic esters (lactones) is 1. The second kappa shape index (κ2) is 5.81. The molecule has 0 unspecified atom stereocenters. The van der Waals surface area contributed by atoms with Gasteiger partial charge in [0.05, 0.1) is 34.7 Å². The van der Waals surface area contributed by atoms with Crippen molar-refractivity contribution in [1.82, 2.24) is 9.55 Å². The van der Waals surface area contributed by atoms with E-state index in [0.717, 1.165) is 22.2 Å². The van der Waals surface area contributed by atoms with Crippen molar-refractivity contribution in [3.63, 3.8) is 0 Å². The third kappa shape index (κ3) is 2.20. The minimum atomic E-state index is -1.83. The van der Waals surface area contributed by atoms with Crippen molar-refractivity contribution in [2.75, 3.05) is 18.1 Å². The summed E-state index contributed by atoms with van der Waals surface area (Å²) in [5.41, 5.74) is 8.81. The number of aliphatic hydroxyl groups is 1. The van der Waals surface area contributed by atoms with Gasteiger partial charge in [0.1, 0.15) is 6.61 Å². The molecule has 148 valence electrons. The number of hydrogen-bond acceptors (Lipinski definition) is 7. The number of anilines is 2. The van der Waals surface area contributed by atoms with Crippen molar-refractivity contribution in [1.29, 1.82) is 0 Å². The van der Waals surface area contributed by atoms with Crippen molar-refractivity contribution < 1.29 is 14.6 Å². The largest absolute Gasteiger partial charge is 0.458 e. The lowest BCUT2D eigenvalue weighted by molar-refractivity contribution is -0.172. The van der Waals surface area contributed by atoms with Crippen LogP contribution in [0.5, 0.6) is 0 Å². The van der Waals surface area contributed by atoms with E-state index in [0.29, 0.717) is 34.7 Å². The zero-order valence-electron chi connectivity index (χ0n) is 16.1. The summed E-state index contributed by atoms with van der Waals surface area (Å²) in [5, 5.41) is 15.0. The Morgan fingerprint density at radius 3 is 2.83 bits per heavy atom. The number of benzene rings is 1. The molecule has 1 atom stereocenters. The van der Waals surface area contributed by atoms with Gasteiger partial charge in [0, 0.05) is 29.2 Å². The van der Waals surface area contributed by atoms with Crippen LogP contribution in [-0.4, -0.2) is 27.7 Å². The van der Waals surface area contributed by atoms with Crippen LogP contribution in [0.3, 0.4) is 0 Å². The summed E-state index contributed by atoms with van der Waals surface area (Å²) in [4.78, 5) is 30.3. The van der Waals surface area contributed by atoms with Crippen LogP contribution in [0.2, 0.25) is 0 Å². The van der Waals surface area contributed by atoms with Gasteiger partial charge in [-0.3, -0.25) is 4.79 Å². The number of rotatable bonds is 2. The molecule has 3 aromatic rings. The Labute approximate surface area is 165 Å². The van der Waals surface area contributed by atoms with E-state index in [1.54, 1.807) is 23.6 Å². The average Bonchev–Trinajstić information content (AvgIpc) is 3.08. The fourth-order valence-electron chi connectivity index (χ4n) is 4.38. The molecule has 0 saturated carbocycles. The third-order valence-electron chi connectivity index (χ3n) is 5.96. The van der Waals surface area contributed by atoms with Gasteiger partial charge < -0.3 is 25.5 Å². The molecule has 4 N–H and O–H groups in total. The highest BCUT2D eigenvalue weighted by Gasteiger charge is 2.45.